The summed E-state index contributed by atoms with van der Waals surface area (Å²) in [6.45, 7) is 0.868. The standard InChI is InChI=1S/C22H23FN4O4S/c23-15-5-1-4-14(12-15)21(30)26-9-10-27(22(31)18-7-3-11-32-18)17(13-26)20(29)25-16-6-2-8-24-19(16)28/h1,3-5,7,11-12,16-17H,2,6,8-10,13H2,(H,24,28)(H,25,29)/t16-,17+/m0/s1. The molecule has 2 aliphatic heterocycles. The fourth-order valence-corrected chi connectivity index (χ4v) is 4.64. The van der Waals surface area contributed by atoms with Crippen LogP contribution in [-0.4, -0.2) is 71.7 Å². The van der Waals surface area contributed by atoms with Gasteiger partial charge < -0.3 is 20.4 Å². The van der Waals surface area contributed by atoms with Gasteiger partial charge >= 0.3 is 0 Å². The van der Waals surface area contributed by atoms with Gasteiger partial charge in [-0.3, -0.25) is 19.2 Å². The van der Waals surface area contributed by atoms with E-state index in [1.165, 1.54) is 39.3 Å². The van der Waals surface area contributed by atoms with Gasteiger partial charge in [0.2, 0.25) is 11.8 Å². The summed E-state index contributed by atoms with van der Waals surface area (Å²) in [5, 5.41) is 7.23. The molecule has 2 atom stereocenters. The molecule has 0 unspecified atom stereocenters. The zero-order valence-corrected chi connectivity index (χ0v) is 18.1. The fraction of sp³-hybridized carbons (Fsp3) is 0.364. The van der Waals surface area contributed by atoms with E-state index < -0.39 is 29.7 Å². The van der Waals surface area contributed by atoms with Crippen LogP contribution in [0.1, 0.15) is 32.9 Å². The van der Waals surface area contributed by atoms with Crippen molar-refractivity contribution >= 4 is 35.0 Å². The van der Waals surface area contributed by atoms with Gasteiger partial charge in [-0.05, 0) is 42.5 Å². The highest BCUT2D eigenvalue weighted by atomic mass is 32.1. The number of amides is 4. The lowest BCUT2D eigenvalue weighted by Gasteiger charge is -2.41. The quantitative estimate of drug-likeness (QED) is 0.721. The van der Waals surface area contributed by atoms with Crippen LogP contribution in [-0.2, 0) is 9.59 Å². The lowest BCUT2D eigenvalue weighted by molar-refractivity contribution is -0.133. The van der Waals surface area contributed by atoms with Crippen LogP contribution in [0.3, 0.4) is 0 Å². The number of hydrogen-bond donors (Lipinski definition) is 2. The summed E-state index contributed by atoms with van der Waals surface area (Å²) in [5.74, 6) is -2.00. The first kappa shape index (κ1) is 21.9. The Labute approximate surface area is 188 Å². The van der Waals surface area contributed by atoms with Crippen molar-refractivity contribution in [3.8, 4) is 0 Å². The Hall–Kier alpha value is -3.27. The SMILES string of the molecule is O=C1NCCC[C@@H]1NC(=O)[C@H]1CN(C(=O)c2cccc(F)c2)CCN1C(=O)c1cccs1. The molecule has 168 valence electrons. The van der Waals surface area contributed by atoms with Crippen molar-refractivity contribution in [2.24, 2.45) is 0 Å². The highest BCUT2D eigenvalue weighted by Gasteiger charge is 2.39. The molecule has 2 aliphatic rings. The van der Waals surface area contributed by atoms with Gasteiger partial charge in [-0.1, -0.05) is 12.1 Å². The molecule has 0 spiro atoms. The summed E-state index contributed by atoms with van der Waals surface area (Å²) < 4.78 is 13.6. The van der Waals surface area contributed by atoms with Crippen LogP contribution in [0.15, 0.2) is 41.8 Å². The van der Waals surface area contributed by atoms with Crippen LogP contribution in [0.2, 0.25) is 0 Å². The zero-order chi connectivity index (χ0) is 22.7. The number of hydrogen-bond acceptors (Lipinski definition) is 5. The van der Waals surface area contributed by atoms with Crippen molar-refractivity contribution < 1.29 is 23.6 Å². The van der Waals surface area contributed by atoms with Crippen molar-refractivity contribution in [2.45, 2.75) is 24.9 Å². The molecule has 4 rings (SSSR count). The molecule has 4 amide bonds. The maximum absolute atomic E-state index is 13.6. The average Bonchev–Trinajstić information content (AvgIpc) is 3.34. The van der Waals surface area contributed by atoms with Gasteiger partial charge in [0.1, 0.15) is 17.9 Å². The number of benzene rings is 1. The Morgan fingerprint density at radius 1 is 1.12 bits per heavy atom. The molecular weight excluding hydrogens is 435 g/mol. The molecule has 2 saturated heterocycles. The molecular formula is C22H23FN4O4S. The Balaban J connectivity index is 1.55. The minimum atomic E-state index is -0.967. The van der Waals surface area contributed by atoms with Crippen LogP contribution < -0.4 is 10.6 Å². The molecule has 0 bridgehead atoms. The molecule has 2 fully saturated rings. The molecule has 0 aliphatic carbocycles. The molecule has 32 heavy (non-hydrogen) atoms. The minimum absolute atomic E-state index is 0.0490. The van der Waals surface area contributed by atoms with Crippen LogP contribution >= 0.6 is 11.3 Å². The number of nitrogens with zero attached hydrogens (tertiary/aromatic N) is 2. The third kappa shape index (κ3) is 4.64. The van der Waals surface area contributed by atoms with Gasteiger partial charge in [0.25, 0.3) is 11.8 Å². The Bertz CT molecular complexity index is 1030. The number of piperazine rings is 1. The van der Waals surface area contributed by atoms with Gasteiger partial charge in [-0.15, -0.1) is 11.3 Å². The van der Waals surface area contributed by atoms with Crippen LogP contribution in [0.4, 0.5) is 4.39 Å². The smallest absolute Gasteiger partial charge is 0.264 e. The Morgan fingerprint density at radius 3 is 2.69 bits per heavy atom. The summed E-state index contributed by atoms with van der Waals surface area (Å²) >= 11 is 1.27. The molecule has 8 nitrogen and oxygen atoms in total. The van der Waals surface area contributed by atoms with Crippen molar-refractivity contribution in [2.75, 3.05) is 26.2 Å². The van der Waals surface area contributed by atoms with Gasteiger partial charge in [-0.2, -0.15) is 0 Å². The van der Waals surface area contributed by atoms with E-state index in [9.17, 15) is 23.6 Å². The Kier molecular flexibility index (Phi) is 6.50. The van der Waals surface area contributed by atoms with Crippen LogP contribution in [0.5, 0.6) is 0 Å². The average molecular weight is 459 g/mol. The number of thiophene rings is 1. The number of piperidine rings is 1. The van der Waals surface area contributed by atoms with Gasteiger partial charge in [0.15, 0.2) is 0 Å². The topological polar surface area (TPSA) is 98.8 Å². The van der Waals surface area contributed by atoms with Crippen molar-refractivity contribution in [1.29, 1.82) is 0 Å². The van der Waals surface area contributed by atoms with Gasteiger partial charge in [0.05, 0.1) is 11.4 Å². The van der Waals surface area contributed by atoms with Crippen molar-refractivity contribution in [3.63, 3.8) is 0 Å². The first-order valence-electron chi connectivity index (χ1n) is 10.4. The van der Waals surface area contributed by atoms with E-state index in [1.54, 1.807) is 17.5 Å². The predicted octanol–water partition coefficient (Wildman–Crippen LogP) is 1.25. The summed E-state index contributed by atoms with van der Waals surface area (Å²) in [4.78, 5) is 54.6. The second-order valence-corrected chi connectivity index (χ2v) is 8.70. The molecule has 0 saturated carbocycles. The third-order valence-electron chi connectivity index (χ3n) is 5.64. The summed E-state index contributed by atoms with van der Waals surface area (Å²) in [6, 6.07) is 7.15. The largest absolute Gasteiger partial charge is 0.354 e. The summed E-state index contributed by atoms with van der Waals surface area (Å²) in [5.41, 5.74) is 0.175. The number of nitrogens with one attached hydrogen (secondary N) is 2. The van der Waals surface area contributed by atoms with Crippen LogP contribution in [0.25, 0.3) is 0 Å². The second kappa shape index (κ2) is 9.47. The fourth-order valence-electron chi connectivity index (χ4n) is 3.96. The molecule has 2 N–H and O–H groups in total. The maximum atomic E-state index is 13.6. The predicted molar refractivity (Wildman–Crippen MR) is 116 cm³/mol. The second-order valence-electron chi connectivity index (χ2n) is 7.75. The third-order valence-corrected chi connectivity index (χ3v) is 6.49. The van der Waals surface area contributed by atoms with Crippen LogP contribution in [0, 0.1) is 5.82 Å². The summed E-state index contributed by atoms with van der Waals surface area (Å²) in [6.07, 6.45) is 1.25. The van der Waals surface area contributed by atoms with Crippen molar-refractivity contribution in [1.82, 2.24) is 20.4 Å². The number of rotatable bonds is 4. The lowest BCUT2D eigenvalue weighted by Crippen LogP contribution is -2.63. The highest BCUT2D eigenvalue weighted by molar-refractivity contribution is 7.12. The zero-order valence-electron chi connectivity index (χ0n) is 17.3. The first-order chi connectivity index (χ1) is 15.4. The van der Waals surface area contributed by atoms with Gasteiger partial charge in [-0.25, -0.2) is 4.39 Å². The monoisotopic (exact) mass is 458 g/mol. The molecule has 2 aromatic rings. The van der Waals surface area contributed by atoms with Crippen molar-refractivity contribution in [3.05, 3.63) is 58.0 Å². The molecule has 3 heterocycles. The minimum Gasteiger partial charge on any atom is -0.354 e. The van der Waals surface area contributed by atoms with E-state index in [4.69, 9.17) is 0 Å². The van der Waals surface area contributed by atoms with E-state index in [2.05, 4.69) is 10.6 Å². The lowest BCUT2D eigenvalue weighted by atomic mass is 10.0. The first-order valence-corrected chi connectivity index (χ1v) is 11.3. The van der Waals surface area contributed by atoms with E-state index in [1.807, 2.05) is 0 Å². The molecule has 10 heteroatoms. The molecule has 0 radical (unpaired) electrons. The van der Waals surface area contributed by atoms with E-state index in [0.29, 0.717) is 17.8 Å². The van der Waals surface area contributed by atoms with E-state index in [0.717, 1.165) is 12.5 Å². The number of carbonyl (C=O) groups excluding carboxylic acids is 4. The van der Waals surface area contributed by atoms with E-state index in [-0.39, 0.29) is 37.0 Å². The maximum Gasteiger partial charge on any atom is 0.264 e. The number of halogens is 1. The summed E-state index contributed by atoms with van der Waals surface area (Å²) in [7, 11) is 0. The molecule has 1 aromatic carbocycles. The van der Waals surface area contributed by atoms with E-state index >= 15 is 0 Å². The normalized spacial score (nSPS) is 21.1. The Morgan fingerprint density at radius 2 is 1.97 bits per heavy atom. The number of carbonyl (C=O) groups is 4. The van der Waals surface area contributed by atoms with Gasteiger partial charge in [0, 0.05) is 25.2 Å². The molecule has 1 aromatic heterocycles. The highest BCUT2D eigenvalue weighted by Crippen LogP contribution is 2.20.